The van der Waals surface area contributed by atoms with E-state index in [0.717, 1.165) is 42.5 Å². The predicted octanol–water partition coefficient (Wildman–Crippen LogP) is 8.97. The van der Waals surface area contributed by atoms with Crippen molar-refractivity contribution in [1.29, 1.82) is 0 Å². The van der Waals surface area contributed by atoms with Crippen molar-refractivity contribution in [2.75, 3.05) is 5.32 Å². The number of nitrogens with zero attached hydrogens (tertiary/aromatic N) is 1. The largest absolute Gasteiger partial charge is 0.322 e. The van der Waals surface area contributed by atoms with Gasteiger partial charge in [0.2, 0.25) is 0 Å². The minimum Gasteiger partial charge on any atom is -0.317 e. The number of urea groups is 1. The lowest BCUT2D eigenvalue weighted by atomic mass is 9.81. The summed E-state index contributed by atoms with van der Waals surface area (Å²) in [6.45, 7) is 8.31. The summed E-state index contributed by atoms with van der Waals surface area (Å²) < 4.78 is 29.4. The zero-order valence-electron chi connectivity index (χ0n) is 22.3. The lowest BCUT2D eigenvalue weighted by Crippen LogP contribution is -2.44. The summed E-state index contributed by atoms with van der Waals surface area (Å²) in [6.07, 6.45) is 3.42. The van der Waals surface area contributed by atoms with Gasteiger partial charge in [0, 0.05) is 17.3 Å². The van der Waals surface area contributed by atoms with Crippen molar-refractivity contribution in [3.8, 4) is 0 Å². The Morgan fingerprint density at radius 3 is 1.89 bits per heavy atom. The van der Waals surface area contributed by atoms with E-state index in [-0.39, 0.29) is 36.0 Å². The van der Waals surface area contributed by atoms with Crippen molar-refractivity contribution < 1.29 is 13.6 Å². The van der Waals surface area contributed by atoms with Gasteiger partial charge in [0.1, 0.15) is 11.6 Å². The van der Waals surface area contributed by atoms with E-state index >= 15 is 0 Å². The predicted molar refractivity (Wildman–Crippen MR) is 147 cm³/mol. The SMILES string of the molecule is CC(C)c1cccc(C(C)C)c1NC(=O)N(Cc1c(F)cccc1F)[C@H]1CC[C@H](c2ccccc2)CC1. The van der Waals surface area contributed by atoms with Crippen molar-refractivity contribution in [3.05, 3.63) is 101 Å². The van der Waals surface area contributed by atoms with E-state index in [1.165, 1.54) is 23.8 Å². The molecular formula is C32H38F2N2O. The molecule has 0 unspecified atom stereocenters. The second-order valence-corrected chi connectivity index (χ2v) is 10.8. The second-order valence-electron chi connectivity index (χ2n) is 10.8. The van der Waals surface area contributed by atoms with Crippen LogP contribution < -0.4 is 5.32 Å². The van der Waals surface area contributed by atoms with Gasteiger partial charge in [-0.3, -0.25) is 0 Å². The Labute approximate surface area is 219 Å². The molecule has 0 saturated heterocycles. The molecule has 4 rings (SSSR count). The Hall–Kier alpha value is -3.21. The molecule has 0 aromatic heterocycles. The van der Waals surface area contributed by atoms with Crippen LogP contribution in [0.1, 0.15) is 93.4 Å². The van der Waals surface area contributed by atoms with Crippen LogP contribution >= 0.6 is 0 Å². The molecule has 3 aromatic rings. The van der Waals surface area contributed by atoms with Gasteiger partial charge < -0.3 is 10.2 Å². The lowest BCUT2D eigenvalue weighted by molar-refractivity contribution is 0.156. The van der Waals surface area contributed by atoms with Gasteiger partial charge in [-0.15, -0.1) is 0 Å². The van der Waals surface area contributed by atoms with Crippen molar-refractivity contribution >= 4 is 11.7 Å². The number of anilines is 1. The minimum atomic E-state index is -0.624. The molecule has 196 valence electrons. The third-order valence-corrected chi connectivity index (χ3v) is 7.66. The molecule has 1 aliphatic rings. The van der Waals surface area contributed by atoms with Crippen molar-refractivity contribution in [3.63, 3.8) is 0 Å². The molecule has 3 aromatic carbocycles. The number of benzene rings is 3. The molecule has 0 heterocycles. The van der Waals surface area contributed by atoms with Crippen LogP contribution in [0.15, 0.2) is 66.7 Å². The number of nitrogens with one attached hydrogen (secondary N) is 1. The number of rotatable bonds is 7. The molecule has 1 N–H and O–H groups in total. The van der Waals surface area contributed by atoms with Crippen molar-refractivity contribution in [2.45, 2.75) is 83.7 Å². The fourth-order valence-corrected chi connectivity index (χ4v) is 5.54. The summed E-state index contributed by atoms with van der Waals surface area (Å²) in [5.41, 5.74) is 4.18. The fourth-order valence-electron chi connectivity index (χ4n) is 5.54. The van der Waals surface area contributed by atoms with Crippen LogP contribution in [0.5, 0.6) is 0 Å². The molecule has 0 spiro atoms. The molecule has 1 fully saturated rings. The van der Waals surface area contributed by atoms with Gasteiger partial charge in [-0.25, -0.2) is 13.6 Å². The van der Waals surface area contributed by atoms with Crippen LogP contribution in [0.2, 0.25) is 0 Å². The number of carbonyl (C=O) groups is 1. The molecule has 1 aliphatic carbocycles. The van der Waals surface area contributed by atoms with Crippen LogP contribution in [0.25, 0.3) is 0 Å². The third kappa shape index (κ3) is 6.20. The first-order chi connectivity index (χ1) is 17.8. The smallest absolute Gasteiger partial charge is 0.317 e. The molecule has 3 nitrogen and oxygen atoms in total. The van der Waals surface area contributed by atoms with E-state index in [9.17, 15) is 13.6 Å². The van der Waals surface area contributed by atoms with Gasteiger partial charge in [0.15, 0.2) is 0 Å². The standard InChI is InChI=1S/C32H38F2N2O/c1-21(2)26-12-8-13-27(22(3)4)31(26)35-32(37)36(20-28-29(33)14-9-15-30(28)34)25-18-16-24(17-19-25)23-10-6-5-7-11-23/h5-15,21-22,24-25H,16-20H2,1-4H3,(H,35,37)/t24-,25-. The van der Waals surface area contributed by atoms with E-state index in [4.69, 9.17) is 0 Å². The Balaban J connectivity index is 1.63. The number of para-hydroxylation sites is 1. The maximum Gasteiger partial charge on any atom is 0.322 e. The van der Waals surface area contributed by atoms with Gasteiger partial charge in [0.25, 0.3) is 0 Å². The quantitative estimate of drug-likeness (QED) is 0.342. The Bertz CT molecular complexity index is 1150. The van der Waals surface area contributed by atoms with Gasteiger partial charge in [0.05, 0.1) is 6.54 Å². The normalized spacial score (nSPS) is 17.7. The van der Waals surface area contributed by atoms with Crippen molar-refractivity contribution in [1.82, 2.24) is 4.90 Å². The fraction of sp³-hybridized carbons (Fsp3) is 0.406. The summed E-state index contributed by atoms with van der Waals surface area (Å²) in [7, 11) is 0. The Kier molecular flexibility index (Phi) is 8.63. The first kappa shape index (κ1) is 26.8. The number of halogens is 2. The summed E-state index contributed by atoms with van der Waals surface area (Å²) in [4.78, 5) is 15.6. The van der Waals surface area contributed by atoms with E-state index in [1.54, 1.807) is 4.90 Å². The van der Waals surface area contributed by atoms with Gasteiger partial charge in [-0.05, 0) is 72.3 Å². The third-order valence-electron chi connectivity index (χ3n) is 7.66. The van der Waals surface area contributed by atoms with Crippen LogP contribution in [-0.4, -0.2) is 17.0 Å². The van der Waals surface area contributed by atoms with Crippen molar-refractivity contribution in [2.24, 2.45) is 0 Å². The maximum atomic E-state index is 14.7. The highest BCUT2D eigenvalue weighted by molar-refractivity contribution is 5.91. The molecule has 1 saturated carbocycles. The molecular weight excluding hydrogens is 466 g/mol. The summed E-state index contributed by atoms with van der Waals surface area (Å²) >= 11 is 0. The van der Waals surface area contributed by atoms with Crippen LogP contribution in [0.4, 0.5) is 19.3 Å². The molecule has 0 bridgehead atoms. The first-order valence-electron chi connectivity index (χ1n) is 13.4. The molecule has 37 heavy (non-hydrogen) atoms. The van der Waals surface area contributed by atoms with E-state index in [1.807, 2.05) is 24.3 Å². The number of hydrogen-bond acceptors (Lipinski definition) is 1. The molecule has 5 heteroatoms. The minimum absolute atomic E-state index is 0.0657. The van der Waals surface area contributed by atoms with Crippen LogP contribution in [-0.2, 0) is 6.54 Å². The number of hydrogen-bond donors (Lipinski definition) is 1. The highest BCUT2D eigenvalue weighted by Gasteiger charge is 2.31. The Morgan fingerprint density at radius 1 is 0.811 bits per heavy atom. The summed E-state index contributed by atoms with van der Waals surface area (Å²) in [5.74, 6) is -0.384. The topological polar surface area (TPSA) is 32.3 Å². The van der Waals surface area contributed by atoms with E-state index < -0.39 is 11.6 Å². The first-order valence-corrected chi connectivity index (χ1v) is 13.4. The second kappa shape index (κ2) is 11.9. The highest BCUT2D eigenvalue weighted by Crippen LogP contribution is 2.37. The van der Waals surface area contributed by atoms with Gasteiger partial charge in [-0.2, -0.15) is 0 Å². The van der Waals surface area contributed by atoms with Gasteiger partial charge in [-0.1, -0.05) is 82.3 Å². The molecule has 0 atom stereocenters. The lowest BCUT2D eigenvalue weighted by Gasteiger charge is -2.37. The van der Waals surface area contributed by atoms with Crippen LogP contribution in [0, 0.1) is 11.6 Å². The zero-order valence-corrected chi connectivity index (χ0v) is 22.3. The molecule has 0 radical (unpaired) electrons. The number of amides is 2. The monoisotopic (exact) mass is 504 g/mol. The average molecular weight is 505 g/mol. The number of carbonyl (C=O) groups excluding carboxylic acids is 1. The van der Waals surface area contributed by atoms with E-state index in [2.05, 4.69) is 57.3 Å². The summed E-state index contributed by atoms with van der Waals surface area (Å²) in [6, 6.07) is 20.0. The molecule has 2 amide bonds. The Morgan fingerprint density at radius 2 is 1.35 bits per heavy atom. The van der Waals surface area contributed by atoms with Gasteiger partial charge >= 0.3 is 6.03 Å². The highest BCUT2D eigenvalue weighted by atomic mass is 19.1. The average Bonchev–Trinajstić information content (AvgIpc) is 2.89. The maximum absolute atomic E-state index is 14.7. The van der Waals surface area contributed by atoms with Crippen LogP contribution in [0.3, 0.4) is 0 Å². The summed E-state index contributed by atoms with van der Waals surface area (Å²) in [5, 5.41) is 3.18. The zero-order chi connectivity index (χ0) is 26.5. The van der Waals surface area contributed by atoms with E-state index in [0.29, 0.717) is 5.92 Å². The molecule has 0 aliphatic heterocycles.